The zero-order valence-corrected chi connectivity index (χ0v) is 13.3. The molecule has 112 valence electrons. The van der Waals surface area contributed by atoms with Gasteiger partial charge in [-0.15, -0.1) is 0 Å². The van der Waals surface area contributed by atoms with Crippen LogP contribution in [-0.4, -0.2) is 23.0 Å². The molecule has 0 aliphatic rings. The van der Waals surface area contributed by atoms with Gasteiger partial charge in [0.1, 0.15) is 0 Å². The molecular weight excluding hydrogens is 282 g/mol. The van der Waals surface area contributed by atoms with Crippen molar-refractivity contribution in [1.29, 1.82) is 0 Å². The first-order chi connectivity index (χ1) is 10.1. The van der Waals surface area contributed by atoms with Gasteiger partial charge in [-0.25, -0.2) is 0 Å². The Kier molecular flexibility index (Phi) is 5.74. The van der Waals surface area contributed by atoms with Crippen molar-refractivity contribution in [3.63, 3.8) is 0 Å². The number of likely N-dealkylation sites (N-methyl/N-ethyl adjacent to an activating group) is 1. The summed E-state index contributed by atoms with van der Waals surface area (Å²) in [7, 11) is 2.09. The van der Waals surface area contributed by atoms with E-state index in [9.17, 15) is 0 Å². The standard InChI is InChI=1S/C17H22ClN3/c1-3-15(19)17(16-6-4-5-11-20-16)21(2)12-13-7-9-14(18)10-8-13/h4-11,15,17H,3,12,19H2,1-2H3. The smallest absolute Gasteiger partial charge is 0.0673 e. The largest absolute Gasteiger partial charge is 0.326 e. The first-order valence-corrected chi connectivity index (χ1v) is 7.60. The molecular formula is C17H22ClN3. The normalized spacial score (nSPS) is 14.1. The van der Waals surface area contributed by atoms with Crippen molar-refractivity contribution in [3.05, 3.63) is 64.9 Å². The molecule has 0 saturated carbocycles. The Bertz CT molecular complexity index is 542. The summed E-state index contributed by atoms with van der Waals surface area (Å²) in [5, 5.41) is 0.757. The highest BCUT2D eigenvalue weighted by atomic mass is 35.5. The SMILES string of the molecule is CCC(N)C(c1ccccn1)N(C)Cc1ccc(Cl)cc1. The number of benzene rings is 1. The van der Waals surface area contributed by atoms with E-state index in [4.69, 9.17) is 17.3 Å². The second kappa shape index (κ2) is 7.55. The van der Waals surface area contributed by atoms with Gasteiger partial charge in [-0.2, -0.15) is 0 Å². The van der Waals surface area contributed by atoms with Crippen molar-refractivity contribution < 1.29 is 0 Å². The molecule has 2 N–H and O–H groups in total. The average Bonchev–Trinajstić information content (AvgIpc) is 2.50. The number of nitrogens with zero attached hydrogens (tertiary/aromatic N) is 2. The van der Waals surface area contributed by atoms with E-state index in [2.05, 4.69) is 23.9 Å². The molecule has 2 unspecified atom stereocenters. The molecule has 0 aliphatic carbocycles. The fraction of sp³-hybridized carbons (Fsp3) is 0.353. The van der Waals surface area contributed by atoms with Crippen LogP contribution in [0.5, 0.6) is 0 Å². The van der Waals surface area contributed by atoms with Crippen LogP contribution in [0.1, 0.15) is 30.6 Å². The van der Waals surface area contributed by atoms with Crippen LogP contribution in [-0.2, 0) is 6.54 Å². The highest BCUT2D eigenvalue weighted by molar-refractivity contribution is 6.30. The molecule has 0 radical (unpaired) electrons. The molecule has 1 aromatic heterocycles. The summed E-state index contributed by atoms with van der Waals surface area (Å²) >= 11 is 5.94. The van der Waals surface area contributed by atoms with Gasteiger partial charge in [-0.05, 0) is 43.3 Å². The second-order valence-corrected chi connectivity index (χ2v) is 5.75. The fourth-order valence-electron chi connectivity index (χ4n) is 2.52. The van der Waals surface area contributed by atoms with Crippen LogP contribution in [0.3, 0.4) is 0 Å². The molecule has 2 rings (SSSR count). The zero-order chi connectivity index (χ0) is 15.2. The van der Waals surface area contributed by atoms with Crippen molar-refractivity contribution >= 4 is 11.6 Å². The van der Waals surface area contributed by atoms with Crippen LogP contribution in [0, 0.1) is 0 Å². The molecule has 4 heteroatoms. The van der Waals surface area contributed by atoms with Gasteiger partial charge in [-0.3, -0.25) is 9.88 Å². The predicted octanol–water partition coefficient (Wildman–Crippen LogP) is 3.65. The van der Waals surface area contributed by atoms with Crippen LogP contribution in [0.25, 0.3) is 0 Å². The number of hydrogen-bond acceptors (Lipinski definition) is 3. The molecule has 0 fully saturated rings. The average molecular weight is 304 g/mol. The van der Waals surface area contributed by atoms with Crippen molar-refractivity contribution in [1.82, 2.24) is 9.88 Å². The van der Waals surface area contributed by atoms with E-state index in [-0.39, 0.29) is 12.1 Å². The number of nitrogens with two attached hydrogens (primary N) is 1. The van der Waals surface area contributed by atoms with Crippen LogP contribution < -0.4 is 5.73 Å². The fourth-order valence-corrected chi connectivity index (χ4v) is 2.65. The number of halogens is 1. The predicted molar refractivity (Wildman–Crippen MR) is 88.2 cm³/mol. The number of pyridine rings is 1. The Hall–Kier alpha value is -1.42. The van der Waals surface area contributed by atoms with Gasteiger partial charge in [0, 0.05) is 23.8 Å². The molecule has 21 heavy (non-hydrogen) atoms. The second-order valence-electron chi connectivity index (χ2n) is 5.31. The maximum atomic E-state index is 6.33. The van der Waals surface area contributed by atoms with Gasteiger partial charge in [0.15, 0.2) is 0 Å². The Labute approximate surface area is 131 Å². The van der Waals surface area contributed by atoms with Crippen molar-refractivity contribution in [2.75, 3.05) is 7.05 Å². The monoisotopic (exact) mass is 303 g/mol. The van der Waals surface area contributed by atoms with Gasteiger partial charge in [0.05, 0.1) is 11.7 Å². The van der Waals surface area contributed by atoms with E-state index in [0.29, 0.717) is 0 Å². The van der Waals surface area contributed by atoms with E-state index in [1.807, 2.05) is 48.7 Å². The molecule has 1 aromatic carbocycles. The van der Waals surface area contributed by atoms with Crippen LogP contribution >= 0.6 is 11.6 Å². The third-order valence-corrected chi connectivity index (χ3v) is 3.94. The maximum Gasteiger partial charge on any atom is 0.0673 e. The Morgan fingerprint density at radius 3 is 2.48 bits per heavy atom. The molecule has 0 amide bonds. The summed E-state index contributed by atoms with van der Waals surface area (Å²) in [6.07, 6.45) is 2.73. The molecule has 0 bridgehead atoms. The van der Waals surface area contributed by atoms with Gasteiger partial charge in [0.25, 0.3) is 0 Å². The lowest BCUT2D eigenvalue weighted by Gasteiger charge is -2.32. The molecule has 2 atom stereocenters. The summed E-state index contributed by atoms with van der Waals surface area (Å²) in [6, 6.07) is 14.1. The van der Waals surface area contributed by atoms with Crippen LogP contribution in [0.4, 0.5) is 0 Å². The quantitative estimate of drug-likeness (QED) is 0.886. The van der Waals surface area contributed by atoms with E-state index in [1.165, 1.54) is 5.56 Å². The van der Waals surface area contributed by atoms with Crippen LogP contribution in [0.2, 0.25) is 5.02 Å². The Morgan fingerprint density at radius 2 is 1.90 bits per heavy atom. The minimum Gasteiger partial charge on any atom is -0.326 e. The first-order valence-electron chi connectivity index (χ1n) is 7.23. The maximum absolute atomic E-state index is 6.33. The van der Waals surface area contributed by atoms with Gasteiger partial charge in [0.2, 0.25) is 0 Å². The summed E-state index contributed by atoms with van der Waals surface area (Å²) < 4.78 is 0. The highest BCUT2D eigenvalue weighted by Crippen LogP contribution is 2.24. The third-order valence-electron chi connectivity index (χ3n) is 3.69. The zero-order valence-electron chi connectivity index (χ0n) is 12.5. The van der Waals surface area contributed by atoms with Crippen molar-refractivity contribution in [3.8, 4) is 0 Å². The topological polar surface area (TPSA) is 42.1 Å². The first kappa shape index (κ1) is 16.0. The highest BCUT2D eigenvalue weighted by Gasteiger charge is 2.24. The minimum atomic E-state index is 0.0530. The van der Waals surface area contributed by atoms with E-state index in [1.54, 1.807) is 0 Å². The molecule has 1 heterocycles. The molecule has 0 spiro atoms. The molecule has 0 aliphatic heterocycles. The Morgan fingerprint density at radius 1 is 1.19 bits per heavy atom. The number of aromatic nitrogens is 1. The van der Waals surface area contributed by atoms with Crippen LogP contribution in [0.15, 0.2) is 48.7 Å². The minimum absolute atomic E-state index is 0.0530. The van der Waals surface area contributed by atoms with E-state index < -0.39 is 0 Å². The lowest BCUT2D eigenvalue weighted by atomic mass is 10.0. The molecule has 2 aromatic rings. The molecule has 3 nitrogen and oxygen atoms in total. The lowest BCUT2D eigenvalue weighted by Crippen LogP contribution is -2.39. The van der Waals surface area contributed by atoms with E-state index in [0.717, 1.165) is 23.7 Å². The van der Waals surface area contributed by atoms with Crippen molar-refractivity contribution in [2.24, 2.45) is 5.73 Å². The van der Waals surface area contributed by atoms with E-state index >= 15 is 0 Å². The number of rotatable bonds is 6. The lowest BCUT2D eigenvalue weighted by molar-refractivity contribution is 0.197. The van der Waals surface area contributed by atoms with Gasteiger partial charge < -0.3 is 5.73 Å². The summed E-state index contributed by atoms with van der Waals surface area (Å²) in [5.41, 5.74) is 8.56. The Balaban J connectivity index is 2.18. The molecule has 0 saturated heterocycles. The summed E-state index contributed by atoms with van der Waals surface area (Å²) in [6.45, 7) is 2.92. The van der Waals surface area contributed by atoms with Gasteiger partial charge >= 0.3 is 0 Å². The summed E-state index contributed by atoms with van der Waals surface area (Å²) in [5.74, 6) is 0. The third kappa shape index (κ3) is 4.27. The summed E-state index contributed by atoms with van der Waals surface area (Å²) in [4.78, 5) is 6.73. The van der Waals surface area contributed by atoms with Crippen molar-refractivity contribution in [2.45, 2.75) is 32.0 Å². The van der Waals surface area contributed by atoms with Gasteiger partial charge in [-0.1, -0.05) is 36.7 Å². The number of hydrogen-bond donors (Lipinski definition) is 1.